The molecule has 6 nitrogen and oxygen atoms in total. The first-order valence-corrected chi connectivity index (χ1v) is 7.95. The van der Waals surface area contributed by atoms with Crippen LogP contribution in [0.2, 0.25) is 0 Å². The number of halogens is 2. The van der Waals surface area contributed by atoms with Crippen molar-refractivity contribution in [2.75, 3.05) is 13.7 Å². The highest BCUT2D eigenvalue weighted by Gasteiger charge is 2.35. The number of nitrogens with zero attached hydrogens (tertiary/aromatic N) is 1. The summed E-state index contributed by atoms with van der Waals surface area (Å²) in [6.45, 7) is 0.340. The average molecular weight is 352 g/mol. The van der Waals surface area contributed by atoms with Crippen molar-refractivity contribution in [1.82, 2.24) is 10.1 Å². The Labute approximate surface area is 142 Å². The number of hydrogen-bond donors (Lipinski definition) is 1. The molecule has 0 spiro atoms. The third-order valence-electron chi connectivity index (χ3n) is 4.57. The van der Waals surface area contributed by atoms with E-state index < -0.39 is 23.8 Å². The first-order chi connectivity index (χ1) is 12.0. The van der Waals surface area contributed by atoms with E-state index in [1.165, 1.54) is 36.3 Å². The van der Waals surface area contributed by atoms with Gasteiger partial charge in [-0.1, -0.05) is 6.07 Å². The van der Waals surface area contributed by atoms with Gasteiger partial charge in [0, 0.05) is 30.1 Å². The molecule has 1 amide bonds. The zero-order valence-electron chi connectivity index (χ0n) is 13.6. The van der Waals surface area contributed by atoms with E-state index in [4.69, 9.17) is 9.26 Å². The van der Waals surface area contributed by atoms with Crippen LogP contribution in [0.3, 0.4) is 0 Å². The third kappa shape index (κ3) is 3.57. The lowest BCUT2D eigenvalue weighted by Crippen LogP contribution is -2.46. The molecule has 1 aliphatic heterocycles. The minimum atomic E-state index is -0.653. The molecule has 0 saturated carbocycles. The van der Waals surface area contributed by atoms with Crippen molar-refractivity contribution in [1.29, 1.82) is 0 Å². The normalized spacial score (nSPS) is 20.5. The van der Waals surface area contributed by atoms with Crippen molar-refractivity contribution in [3.05, 3.63) is 57.6 Å². The van der Waals surface area contributed by atoms with Gasteiger partial charge in [-0.2, -0.15) is 5.16 Å². The van der Waals surface area contributed by atoms with E-state index in [0.29, 0.717) is 25.1 Å². The van der Waals surface area contributed by atoms with Gasteiger partial charge in [-0.3, -0.25) is 4.79 Å². The number of methoxy groups -OCH3 is 1. The highest BCUT2D eigenvalue weighted by atomic mass is 19.1. The molecule has 134 valence electrons. The van der Waals surface area contributed by atoms with Crippen LogP contribution in [-0.4, -0.2) is 35.8 Å². The fourth-order valence-electron chi connectivity index (χ4n) is 3.32. The second-order valence-corrected chi connectivity index (χ2v) is 6.06. The Balaban J connectivity index is 1.86. The van der Waals surface area contributed by atoms with Crippen LogP contribution in [0.1, 0.15) is 30.1 Å². The van der Waals surface area contributed by atoms with Gasteiger partial charge < -0.3 is 14.2 Å². The highest BCUT2D eigenvalue weighted by molar-refractivity contribution is 5.68. The monoisotopic (exact) mass is 352 g/mol. The molecule has 0 aliphatic carbocycles. The number of hydrogen-bond acceptors (Lipinski definition) is 4. The predicted molar refractivity (Wildman–Crippen MR) is 84.3 cm³/mol. The van der Waals surface area contributed by atoms with E-state index in [1.807, 2.05) is 0 Å². The molecule has 0 unspecified atom stereocenters. The molecule has 1 aliphatic rings. The molecule has 3 rings (SSSR count). The second kappa shape index (κ2) is 7.08. The van der Waals surface area contributed by atoms with Gasteiger partial charge in [0.1, 0.15) is 17.4 Å². The first kappa shape index (κ1) is 17.2. The first-order valence-electron chi connectivity index (χ1n) is 7.95. The molecule has 1 saturated heterocycles. The molecule has 1 aromatic carbocycles. The van der Waals surface area contributed by atoms with Crippen molar-refractivity contribution in [2.45, 2.75) is 31.2 Å². The standard InChI is InChI=1S/C17H18F2N2O4/c1-24-17(23)21-6-5-10(15-9-16(22)20-25-15)7-11(21)8-12-13(18)3-2-4-14(12)19/h2-4,9-11H,5-8H2,1H3,(H,20,22)/t10-,11+/m1/s1. The number of amides is 1. The fraction of sp³-hybridized carbons (Fsp3) is 0.412. The Kier molecular flexibility index (Phi) is 4.87. The van der Waals surface area contributed by atoms with Crippen LogP contribution in [0.5, 0.6) is 0 Å². The van der Waals surface area contributed by atoms with Crippen LogP contribution in [0, 0.1) is 11.6 Å². The van der Waals surface area contributed by atoms with Gasteiger partial charge in [0.15, 0.2) is 0 Å². The summed E-state index contributed by atoms with van der Waals surface area (Å²) in [7, 11) is 1.26. The SMILES string of the molecule is COC(=O)N1CC[C@@H](c2cc(=O)[nH]o2)C[C@H]1Cc1c(F)cccc1F. The maximum Gasteiger partial charge on any atom is 0.409 e. The summed E-state index contributed by atoms with van der Waals surface area (Å²) in [6, 6.07) is 4.56. The average Bonchev–Trinajstić information content (AvgIpc) is 3.04. The van der Waals surface area contributed by atoms with Gasteiger partial charge >= 0.3 is 6.09 Å². The van der Waals surface area contributed by atoms with Crippen molar-refractivity contribution in [2.24, 2.45) is 0 Å². The number of aromatic amines is 1. The Morgan fingerprint density at radius 2 is 2.12 bits per heavy atom. The van der Waals surface area contributed by atoms with Crippen LogP contribution >= 0.6 is 0 Å². The van der Waals surface area contributed by atoms with Crippen molar-refractivity contribution >= 4 is 6.09 Å². The van der Waals surface area contributed by atoms with Gasteiger partial charge in [0.2, 0.25) is 0 Å². The molecular weight excluding hydrogens is 334 g/mol. The number of ether oxygens (including phenoxy) is 1. The van der Waals surface area contributed by atoms with Crippen molar-refractivity contribution in [3.8, 4) is 0 Å². The van der Waals surface area contributed by atoms with Crippen molar-refractivity contribution in [3.63, 3.8) is 0 Å². The molecule has 25 heavy (non-hydrogen) atoms. The molecule has 8 heteroatoms. The Bertz CT molecular complexity index is 797. The molecule has 2 heterocycles. The van der Waals surface area contributed by atoms with Crippen molar-refractivity contribution < 1.29 is 22.8 Å². The number of aromatic nitrogens is 1. The van der Waals surface area contributed by atoms with E-state index in [-0.39, 0.29) is 23.5 Å². The molecular formula is C17H18F2N2O4. The van der Waals surface area contributed by atoms with Crippen LogP contribution < -0.4 is 5.56 Å². The number of nitrogens with one attached hydrogen (secondary N) is 1. The van der Waals surface area contributed by atoms with Gasteiger partial charge in [-0.15, -0.1) is 0 Å². The molecule has 2 aromatic rings. The van der Waals surface area contributed by atoms with Crippen LogP contribution in [-0.2, 0) is 11.2 Å². The van der Waals surface area contributed by atoms with Gasteiger partial charge in [-0.25, -0.2) is 13.6 Å². The number of piperidine rings is 1. The van der Waals surface area contributed by atoms with E-state index >= 15 is 0 Å². The quantitative estimate of drug-likeness (QED) is 0.922. The maximum atomic E-state index is 14.0. The van der Waals surface area contributed by atoms with Crippen LogP contribution in [0.25, 0.3) is 0 Å². The van der Waals surface area contributed by atoms with E-state index in [2.05, 4.69) is 5.16 Å². The topological polar surface area (TPSA) is 75.5 Å². The summed E-state index contributed by atoms with van der Waals surface area (Å²) in [5.41, 5.74) is -0.417. The van der Waals surface area contributed by atoms with E-state index in [1.54, 1.807) is 0 Å². The Hall–Kier alpha value is -2.64. The largest absolute Gasteiger partial charge is 0.453 e. The number of H-pyrrole nitrogens is 1. The fourth-order valence-corrected chi connectivity index (χ4v) is 3.32. The molecule has 1 aromatic heterocycles. The summed E-state index contributed by atoms with van der Waals surface area (Å²) in [5, 5.41) is 2.24. The Morgan fingerprint density at radius 3 is 2.72 bits per heavy atom. The summed E-state index contributed by atoms with van der Waals surface area (Å²) in [5.74, 6) is -0.951. The number of rotatable bonds is 3. The molecule has 1 N–H and O–H groups in total. The minimum absolute atomic E-state index is 0.0127. The molecule has 2 atom stereocenters. The lowest BCUT2D eigenvalue weighted by molar-refractivity contribution is 0.0811. The summed E-state index contributed by atoms with van der Waals surface area (Å²) >= 11 is 0. The summed E-state index contributed by atoms with van der Waals surface area (Å²) in [4.78, 5) is 24.8. The zero-order chi connectivity index (χ0) is 18.0. The minimum Gasteiger partial charge on any atom is -0.453 e. The number of benzene rings is 1. The smallest absolute Gasteiger partial charge is 0.409 e. The second-order valence-electron chi connectivity index (χ2n) is 6.06. The molecule has 0 radical (unpaired) electrons. The zero-order valence-corrected chi connectivity index (χ0v) is 13.6. The summed E-state index contributed by atoms with van der Waals surface area (Å²) in [6.07, 6.45) is 0.435. The van der Waals surface area contributed by atoms with E-state index in [0.717, 1.165) is 0 Å². The van der Waals surface area contributed by atoms with Gasteiger partial charge in [0.25, 0.3) is 5.56 Å². The van der Waals surface area contributed by atoms with Crippen LogP contribution in [0.15, 0.2) is 33.6 Å². The highest BCUT2D eigenvalue weighted by Crippen LogP contribution is 2.33. The number of carbonyl (C=O) groups is 1. The number of likely N-dealkylation sites (tertiary alicyclic amines) is 1. The van der Waals surface area contributed by atoms with E-state index in [9.17, 15) is 18.4 Å². The van der Waals surface area contributed by atoms with Gasteiger partial charge in [-0.05, 0) is 31.4 Å². The number of carbonyl (C=O) groups excluding carboxylic acids is 1. The predicted octanol–water partition coefficient (Wildman–Crippen LogP) is 2.80. The maximum absolute atomic E-state index is 14.0. The third-order valence-corrected chi connectivity index (χ3v) is 4.57. The van der Waals surface area contributed by atoms with Crippen LogP contribution in [0.4, 0.5) is 13.6 Å². The molecule has 0 bridgehead atoms. The summed E-state index contributed by atoms with van der Waals surface area (Å²) < 4.78 is 37.9. The lowest BCUT2D eigenvalue weighted by Gasteiger charge is -2.38. The molecule has 1 fully saturated rings. The lowest BCUT2D eigenvalue weighted by atomic mass is 9.86. The Morgan fingerprint density at radius 1 is 1.40 bits per heavy atom. The van der Waals surface area contributed by atoms with Gasteiger partial charge in [0.05, 0.1) is 7.11 Å².